The molecule has 4 heterocycles. The first-order valence-electron chi connectivity index (χ1n) is 12.0. The summed E-state index contributed by atoms with van der Waals surface area (Å²) in [5, 5.41) is 16.3. The smallest absolute Gasteiger partial charge is 0.325 e. The molecule has 13 heteroatoms. The van der Waals surface area contributed by atoms with E-state index in [9.17, 15) is 9.59 Å². The van der Waals surface area contributed by atoms with Crippen molar-refractivity contribution in [2.24, 2.45) is 0 Å². The van der Waals surface area contributed by atoms with Crippen molar-refractivity contribution >= 4 is 42.9 Å². The van der Waals surface area contributed by atoms with Crippen LogP contribution in [0.1, 0.15) is 17.5 Å². The molecule has 2 N–H and O–H groups in total. The van der Waals surface area contributed by atoms with Crippen LogP contribution >= 0.6 is 0 Å². The van der Waals surface area contributed by atoms with Gasteiger partial charge < -0.3 is 25.0 Å². The second kappa shape index (κ2) is 9.82. The van der Waals surface area contributed by atoms with Crippen LogP contribution in [0.5, 0.6) is 5.75 Å². The molecule has 0 aliphatic carbocycles. The molecule has 12 nitrogen and oxygen atoms in total. The first-order valence-corrected chi connectivity index (χ1v) is 12.0. The largest absolute Gasteiger partial charge is 0.495 e. The summed E-state index contributed by atoms with van der Waals surface area (Å²) in [7, 11) is 10.2. The van der Waals surface area contributed by atoms with Crippen LogP contribution in [-0.2, 0) is 23.3 Å². The average Bonchev–Trinajstić information content (AvgIpc) is 3.37. The zero-order valence-corrected chi connectivity index (χ0v) is 21.2. The van der Waals surface area contributed by atoms with E-state index in [1.54, 1.807) is 52.3 Å². The molecule has 0 fully saturated rings. The Balaban J connectivity index is 1.48. The van der Waals surface area contributed by atoms with Crippen molar-refractivity contribution in [3.8, 4) is 5.75 Å². The number of anilines is 4. The van der Waals surface area contributed by atoms with Gasteiger partial charge in [0.05, 0.1) is 44.4 Å². The topological polar surface area (TPSA) is 129 Å². The van der Waals surface area contributed by atoms with Crippen molar-refractivity contribution in [1.82, 2.24) is 24.6 Å². The summed E-state index contributed by atoms with van der Waals surface area (Å²) in [6.07, 6.45) is 6.53. The number of aliphatic hydroxyl groups excluding tert-OH is 1. The number of nitrogens with one attached hydrogen (secondary N) is 1. The van der Waals surface area contributed by atoms with E-state index in [0.717, 1.165) is 0 Å². The highest BCUT2D eigenvalue weighted by atomic mass is 16.5. The van der Waals surface area contributed by atoms with Crippen molar-refractivity contribution in [3.63, 3.8) is 0 Å². The third-order valence-electron chi connectivity index (χ3n) is 6.82. The molecule has 0 bridgehead atoms. The fourth-order valence-electron chi connectivity index (χ4n) is 4.92. The second-order valence-electron chi connectivity index (χ2n) is 9.04. The van der Waals surface area contributed by atoms with E-state index < -0.39 is 5.44 Å². The summed E-state index contributed by atoms with van der Waals surface area (Å²) in [5.41, 5.74) is 1.27. The lowest BCUT2D eigenvalue weighted by Crippen LogP contribution is -2.59. The monoisotopic (exact) mass is 514 g/mol. The van der Waals surface area contributed by atoms with Crippen molar-refractivity contribution in [3.05, 3.63) is 60.6 Å². The number of ether oxygens (including phenoxy) is 1. The molecular formula is C25H27BN8O4. The number of rotatable bonds is 7. The fraction of sp³-hybridized carbons (Fsp3) is 0.320. The number of urea groups is 1. The number of carbonyl (C=O) groups excluding carboxylic acids is 2. The first kappa shape index (κ1) is 25.3. The molecule has 2 aliphatic rings. The summed E-state index contributed by atoms with van der Waals surface area (Å²) in [6.45, 7) is 4.41. The molecule has 3 aromatic rings. The van der Waals surface area contributed by atoms with Gasteiger partial charge in [0, 0.05) is 37.0 Å². The normalized spacial score (nSPS) is 18.6. The van der Waals surface area contributed by atoms with Crippen molar-refractivity contribution in [1.29, 1.82) is 0 Å². The number of hydrogen-bond acceptors (Lipinski definition) is 8. The van der Waals surface area contributed by atoms with Gasteiger partial charge in [-0.15, -0.1) is 0 Å². The minimum atomic E-state index is -1.22. The minimum absolute atomic E-state index is 0.0254. The highest BCUT2D eigenvalue weighted by Crippen LogP contribution is 2.47. The van der Waals surface area contributed by atoms with Crippen LogP contribution in [0.25, 0.3) is 0 Å². The molecule has 1 atom stereocenters. The predicted molar refractivity (Wildman–Crippen MR) is 142 cm³/mol. The van der Waals surface area contributed by atoms with Crippen LogP contribution in [0, 0.1) is 0 Å². The van der Waals surface area contributed by atoms with Crippen LogP contribution in [0.4, 0.5) is 27.9 Å². The Morgan fingerprint density at radius 3 is 2.92 bits per heavy atom. The van der Waals surface area contributed by atoms with Gasteiger partial charge >= 0.3 is 6.03 Å². The van der Waals surface area contributed by atoms with Crippen molar-refractivity contribution in [2.45, 2.75) is 24.9 Å². The number of fused-ring (bicyclic) bond motifs is 2. The van der Waals surface area contributed by atoms with E-state index >= 15 is 0 Å². The molecule has 0 saturated carbocycles. The Morgan fingerprint density at radius 2 is 2.18 bits per heavy atom. The summed E-state index contributed by atoms with van der Waals surface area (Å²) >= 11 is 0. The highest BCUT2D eigenvalue weighted by Gasteiger charge is 2.46. The standard InChI is InChI=1S/C25H27BN8O4/c1-4-20(36)33-9-8-25(26,18-6-5-7-19(38-3)21(18)33)34-14-16-12-27-23(30-22(16)31(2)24(34)37)29-17-13-28-32(15-17)10-11-35/h4-7,12-13,15,35H,1,8-11,14H2,2-3H3,(H,27,29,30). The number of carbonyl (C=O) groups is 2. The Morgan fingerprint density at radius 1 is 1.37 bits per heavy atom. The Kier molecular flexibility index (Phi) is 6.53. The first-order chi connectivity index (χ1) is 18.3. The number of hydrogen-bond donors (Lipinski definition) is 2. The number of aromatic nitrogens is 4. The van der Waals surface area contributed by atoms with E-state index in [-0.39, 0.29) is 31.6 Å². The fourth-order valence-corrected chi connectivity index (χ4v) is 4.92. The maximum Gasteiger partial charge on any atom is 0.325 e. The van der Waals surface area contributed by atoms with Gasteiger partial charge in [-0.1, -0.05) is 18.7 Å². The molecule has 2 aliphatic heterocycles. The van der Waals surface area contributed by atoms with Gasteiger partial charge in [0.25, 0.3) is 0 Å². The minimum Gasteiger partial charge on any atom is -0.495 e. The molecule has 0 spiro atoms. The molecule has 0 saturated heterocycles. The highest BCUT2D eigenvalue weighted by molar-refractivity contribution is 6.19. The summed E-state index contributed by atoms with van der Waals surface area (Å²) in [5.74, 6) is 0.960. The Hall–Kier alpha value is -4.39. The number of amides is 3. The molecule has 1 aromatic carbocycles. The predicted octanol–water partition coefficient (Wildman–Crippen LogP) is 1.73. The third kappa shape index (κ3) is 4.14. The quantitative estimate of drug-likeness (QED) is 0.361. The molecule has 1 unspecified atom stereocenters. The maximum atomic E-state index is 13.7. The van der Waals surface area contributed by atoms with Gasteiger partial charge in [-0.25, -0.2) is 9.78 Å². The van der Waals surface area contributed by atoms with Gasteiger partial charge in [-0.2, -0.15) is 10.1 Å². The van der Waals surface area contributed by atoms with Crippen LogP contribution in [0.15, 0.2) is 49.4 Å². The molecule has 2 radical (unpaired) electrons. The van der Waals surface area contributed by atoms with Crippen molar-refractivity contribution in [2.75, 3.05) is 42.4 Å². The summed E-state index contributed by atoms with van der Waals surface area (Å²) < 4.78 is 7.15. The number of benzene rings is 1. The number of methoxy groups -OCH3 is 1. The van der Waals surface area contributed by atoms with Crippen LogP contribution in [-0.4, -0.2) is 76.8 Å². The van der Waals surface area contributed by atoms with Crippen molar-refractivity contribution < 1.29 is 19.4 Å². The lowest BCUT2D eigenvalue weighted by atomic mass is 9.65. The SMILES string of the molecule is [B]C1(N2Cc3cnc(Nc4cnn(CCO)c4)nc3N(C)C2=O)CCN(C(=O)C=C)c2c(OC)cccc21. The lowest BCUT2D eigenvalue weighted by Gasteiger charge is -2.50. The van der Waals surface area contributed by atoms with Gasteiger partial charge in [-0.05, 0) is 24.1 Å². The molecule has 194 valence electrons. The van der Waals surface area contributed by atoms with Gasteiger partial charge in [0.1, 0.15) is 19.4 Å². The van der Waals surface area contributed by atoms with E-state index in [2.05, 4.69) is 27.0 Å². The number of nitrogens with zero attached hydrogens (tertiary/aromatic N) is 7. The molecule has 38 heavy (non-hydrogen) atoms. The van der Waals surface area contributed by atoms with Gasteiger partial charge in [0.15, 0.2) is 0 Å². The maximum absolute atomic E-state index is 13.7. The third-order valence-corrected chi connectivity index (χ3v) is 6.82. The zero-order valence-electron chi connectivity index (χ0n) is 21.2. The molecule has 2 aromatic heterocycles. The van der Waals surface area contributed by atoms with Gasteiger partial charge in [-0.3, -0.25) is 14.4 Å². The van der Waals surface area contributed by atoms with E-state index in [1.165, 1.54) is 18.1 Å². The Bertz CT molecular complexity index is 1410. The van der Waals surface area contributed by atoms with Crippen LogP contribution in [0.3, 0.4) is 0 Å². The van der Waals surface area contributed by atoms with E-state index in [0.29, 0.717) is 53.0 Å². The van der Waals surface area contributed by atoms with Gasteiger partial charge in [0.2, 0.25) is 11.9 Å². The number of aliphatic hydroxyl groups is 1. The lowest BCUT2D eigenvalue weighted by molar-refractivity contribution is -0.114. The van der Waals surface area contributed by atoms with E-state index in [1.807, 2.05) is 6.07 Å². The van der Waals surface area contributed by atoms with Crippen LogP contribution in [0.2, 0.25) is 0 Å². The average molecular weight is 514 g/mol. The molecular weight excluding hydrogens is 487 g/mol. The van der Waals surface area contributed by atoms with Crippen LogP contribution < -0.4 is 19.9 Å². The molecule has 3 amide bonds. The summed E-state index contributed by atoms with van der Waals surface area (Å²) in [4.78, 5) is 39.9. The summed E-state index contributed by atoms with van der Waals surface area (Å²) in [6, 6.07) is 5.02. The second-order valence-corrected chi connectivity index (χ2v) is 9.04. The number of para-hydroxylation sites is 1. The zero-order chi connectivity index (χ0) is 27.0. The molecule has 5 rings (SSSR count). The Labute approximate surface area is 220 Å². The van der Waals surface area contributed by atoms with E-state index in [4.69, 9.17) is 17.7 Å².